The van der Waals surface area contributed by atoms with E-state index in [2.05, 4.69) is 29.4 Å². The van der Waals surface area contributed by atoms with Gasteiger partial charge in [0, 0.05) is 25.2 Å². The van der Waals surface area contributed by atoms with Crippen molar-refractivity contribution in [3.63, 3.8) is 0 Å². The first-order valence-electron chi connectivity index (χ1n) is 9.18. The smallest absolute Gasteiger partial charge is 0.251 e. The minimum atomic E-state index is -0.563. The zero-order valence-electron chi connectivity index (χ0n) is 15.6. The minimum absolute atomic E-state index is 0.161. The summed E-state index contributed by atoms with van der Waals surface area (Å²) in [6.07, 6.45) is 2.39. The molecule has 0 spiro atoms. The predicted molar refractivity (Wildman–Crippen MR) is 103 cm³/mol. The first kappa shape index (κ1) is 19.8. The number of primary amides is 1. The van der Waals surface area contributed by atoms with Crippen molar-refractivity contribution in [3.05, 3.63) is 35.4 Å². The molecule has 0 saturated carbocycles. The van der Waals surface area contributed by atoms with Crippen LogP contribution >= 0.6 is 0 Å². The highest BCUT2D eigenvalue weighted by Crippen LogP contribution is 2.16. The molecule has 4 N–H and O–H groups in total. The lowest BCUT2D eigenvalue weighted by atomic mass is 10.00. The fraction of sp³-hybridized carbons (Fsp3) is 0.526. The van der Waals surface area contributed by atoms with Gasteiger partial charge in [0.15, 0.2) is 5.96 Å². The number of aliphatic imine (C=N–C) groups is 1. The van der Waals surface area contributed by atoms with E-state index >= 15 is 0 Å². The molecule has 2 amide bonds. The van der Waals surface area contributed by atoms with Crippen molar-refractivity contribution in [2.45, 2.75) is 33.2 Å². The Labute approximate surface area is 155 Å². The van der Waals surface area contributed by atoms with Gasteiger partial charge < -0.3 is 21.3 Å². The van der Waals surface area contributed by atoms with Crippen LogP contribution < -0.4 is 16.4 Å². The predicted octanol–water partition coefficient (Wildman–Crippen LogP) is 1.10. The van der Waals surface area contributed by atoms with Crippen LogP contribution in [-0.4, -0.2) is 48.9 Å². The van der Waals surface area contributed by atoms with Gasteiger partial charge in [-0.05, 0) is 43.4 Å². The Morgan fingerprint density at radius 1 is 1.19 bits per heavy atom. The van der Waals surface area contributed by atoms with Gasteiger partial charge in [-0.15, -0.1) is 0 Å². The van der Waals surface area contributed by atoms with E-state index in [1.165, 1.54) is 12.8 Å². The molecule has 0 aromatic heterocycles. The molecule has 1 aliphatic heterocycles. The standard InChI is InChI=1S/C19H29N5O2/c1-3-21-19(24-10-8-14(2)9-11-24)23-12-15-4-6-16(7-5-15)18(26)22-13-17(20)25/h4-7,14H,3,8-13H2,1-2H3,(H2,20,25)(H,21,23)(H,22,26). The van der Waals surface area contributed by atoms with Gasteiger partial charge in [0.25, 0.3) is 5.91 Å². The first-order chi connectivity index (χ1) is 12.5. The van der Waals surface area contributed by atoms with E-state index in [0.717, 1.165) is 37.1 Å². The summed E-state index contributed by atoms with van der Waals surface area (Å²) in [5.74, 6) is 0.854. The number of piperidine rings is 1. The number of hydrogen-bond donors (Lipinski definition) is 3. The van der Waals surface area contributed by atoms with Crippen LogP contribution in [0.3, 0.4) is 0 Å². The molecule has 1 saturated heterocycles. The molecule has 7 nitrogen and oxygen atoms in total. The van der Waals surface area contributed by atoms with Gasteiger partial charge in [0.2, 0.25) is 5.91 Å². The molecule has 1 aromatic rings. The normalized spacial score (nSPS) is 15.6. The number of carbonyl (C=O) groups is 2. The van der Waals surface area contributed by atoms with Crippen molar-refractivity contribution in [3.8, 4) is 0 Å². The monoisotopic (exact) mass is 359 g/mol. The topological polar surface area (TPSA) is 99.8 Å². The van der Waals surface area contributed by atoms with Crippen molar-refractivity contribution in [1.29, 1.82) is 0 Å². The van der Waals surface area contributed by atoms with Gasteiger partial charge >= 0.3 is 0 Å². The van der Waals surface area contributed by atoms with Gasteiger partial charge in [-0.25, -0.2) is 4.99 Å². The molecule has 0 unspecified atom stereocenters. The second kappa shape index (κ2) is 9.79. The highest BCUT2D eigenvalue weighted by molar-refractivity contribution is 5.96. The van der Waals surface area contributed by atoms with E-state index in [9.17, 15) is 9.59 Å². The van der Waals surface area contributed by atoms with Crippen molar-refractivity contribution in [1.82, 2.24) is 15.5 Å². The molecule has 1 heterocycles. The number of benzene rings is 1. The van der Waals surface area contributed by atoms with Gasteiger partial charge in [-0.1, -0.05) is 19.1 Å². The molecule has 0 radical (unpaired) electrons. The van der Waals surface area contributed by atoms with Crippen LogP contribution in [0.15, 0.2) is 29.3 Å². The number of hydrogen-bond acceptors (Lipinski definition) is 3. The van der Waals surface area contributed by atoms with E-state index in [1.54, 1.807) is 12.1 Å². The molecular weight excluding hydrogens is 330 g/mol. The molecule has 2 rings (SSSR count). The third kappa shape index (κ3) is 6.06. The van der Waals surface area contributed by atoms with Gasteiger partial charge in [0.1, 0.15) is 0 Å². The Morgan fingerprint density at radius 3 is 2.42 bits per heavy atom. The summed E-state index contributed by atoms with van der Waals surface area (Å²) in [4.78, 5) is 29.7. The number of nitrogens with two attached hydrogens (primary N) is 1. The third-order valence-electron chi connectivity index (χ3n) is 4.47. The van der Waals surface area contributed by atoms with Crippen LogP contribution in [0.2, 0.25) is 0 Å². The fourth-order valence-corrected chi connectivity index (χ4v) is 2.84. The van der Waals surface area contributed by atoms with Crippen LogP contribution in [0.5, 0.6) is 0 Å². The van der Waals surface area contributed by atoms with E-state index < -0.39 is 5.91 Å². The largest absolute Gasteiger partial charge is 0.368 e. The SMILES string of the molecule is CCNC(=NCc1ccc(C(=O)NCC(N)=O)cc1)N1CCC(C)CC1. The van der Waals surface area contributed by atoms with E-state index in [-0.39, 0.29) is 12.5 Å². The maximum Gasteiger partial charge on any atom is 0.251 e. The first-order valence-corrected chi connectivity index (χ1v) is 9.18. The van der Waals surface area contributed by atoms with Crippen molar-refractivity contribution in [2.75, 3.05) is 26.2 Å². The second-order valence-electron chi connectivity index (χ2n) is 6.69. The molecule has 1 aliphatic rings. The summed E-state index contributed by atoms with van der Waals surface area (Å²) < 4.78 is 0. The molecule has 7 heteroatoms. The zero-order valence-corrected chi connectivity index (χ0v) is 15.6. The van der Waals surface area contributed by atoms with Crippen LogP contribution in [0.4, 0.5) is 0 Å². The fourth-order valence-electron chi connectivity index (χ4n) is 2.84. The summed E-state index contributed by atoms with van der Waals surface area (Å²) in [6, 6.07) is 7.22. The Kier molecular flexibility index (Phi) is 7.44. The van der Waals surface area contributed by atoms with Crippen molar-refractivity contribution in [2.24, 2.45) is 16.6 Å². The summed E-state index contributed by atoms with van der Waals surface area (Å²) in [5, 5.41) is 5.84. The van der Waals surface area contributed by atoms with Gasteiger partial charge in [-0.3, -0.25) is 9.59 Å². The zero-order chi connectivity index (χ0) is 18.9. The Bertz CT molecular complexity index is 634. The lowest BCUT2D eigenvalue weighted by Gasteiger charge is -2.33. The molecule has 0 aliphatic carbocycles. The minimum Gasteiger partial charge on any atom is -0.368 e. The average Bonchev–Trinajstić information content (AvgIpc) is 2.64. The quantitative estimate of drug-likeness (QED) is 0.523. The molecule has 0 bridgehead atoms. The lowest BCUT2D eigenvalue weighted by molar-refractivity contribution is -0.117. The molecular formula is C19H29N5O2. The number of guanidine groups is 1. The summed E-state index contributed by atoms with van der Waals surface area (Å²) in [7, 11) is 0. The van der Waals surface area contributed by atoms with Gasteiger partial charge in [-0.2, -0.15) is 0 Å². The Balaban J connectivity index is 1.96. The number of likely N-dealkylation sites (tertiary alicyclic amines) is 1. The highest BCUT2D eigenvalue weighted by Gasteiger charge is 2.18. The molecule has 142 valence electrons. The Morgan fingerprint density at radius 2 is 1.85 bits per heavy atom. The van der Waals surface area contributed by atoms with Crippen molar-refractivity contribution < 1.29 is 9.59 Å². The number of amides is 2. The van der Waals surface area contributed by atoms with Crippen molar-refractivity contribution >= 4 is 17.8 Å². The number of nitrogens with zero attached hydrogens (tertiary/aromatic N) is 2. The molecule has 26 heavy (non-hydrogen) atoms. The van der Waals surface area contributed by atoms with E-state index in [0.29, 0.717) is 12.1 Å². The van der Waals surface area contributed by atoms with E-state index in [4.69, 9.17) is 10.7 Å². The summed E-state index contributed by atoms with van der Waals surface area (Å²) in [6.45, 7) is 7.66. The number of rotatable bonds is 6. The maximum atomic E-state index is 11.9. The van der Waals surface area contributed by atoms with Gasteiger partial charge in [0.05, 0.1) is 13.1 Å². The number of carbonyl (C=O) groups excluding carboxylic acids is 2. The van der Waals surface area contributed by atoms with Crippen LogP contribution in [-0.2, 0) is 11.3 Å². The summed E-state index contributed by atoms with van der Waals surface area (Å²) >= 11 is 0. The summed E-state index contributed by atoms with van der Waals surface area (Å²) in [5.41, 5.74) is 6.55. The molecule has 1 fully saturated rings. The average molecular weight is 359 g/mol. The van der Waals surface area contributed by atoms with E-state index in [1.807, 2.05) is 12.1 Å². The maximum absolute atomic E-state index is 11.9. The van der Waals surface area contributed by atoms with Crippen LogP contribution in [0.1, 0.15) is 42.6 Å². The van der Waals surface area contributed by atoms with Crippen LogP contribution in [0, 0.1) is 5.92 Å². The molecule has 1 aromatic carbocycles. The second-order valence-corrected chi connectivity index (χ2v) is 6.69. The lowest BCUT2D eigenvalue weighted by Crippen LogP contribution is -2.45. The molecule has 0 atom stereocenters. The third-order valence-corrected chi connectivity index (χ3v) is 4.47. The van der Waals surface area contributed by atoms with Crippen LogP contribution in [0.25, 0.3) is 0 Å². The number of nitrogens with one attached hydrogen (secondary N) is 2. The Hall–Kier alpha value is -2.57. The highest BCUT2D eigenvalue weighted by atomic mass is 16.2.